The molecule has 0 spiro atoms. The van der Waals surface area contributed by atoms with Crippen molar-refractivity contribution in [3.63, 3.8) is 0 Å². The second kappa shape index (κ2) is 8.01. The van der Waals surface area contributed by atoms with Crippen molar-refractivity contribution < 1.29 is 14.0 Å². The molecule has 0 unspecified atom stereocenters. The fraction of sp³-hybridized carbons (Fsp3) is 0.231. The van der Waals surface area contributed by atoms with Crippen molar-refractivity contribution >= 4 is 33.6 Å². The van der Waals surface area contributed by atoms with Crippen molar-refractivity contribution in [3.8, 4) is 11.1 Å². The summed E-state index contributed by atoms with van der Waals surface area (Å²) < 4.78 is 14.6. The molecule has 2 amide bonds. The van der Waals surface area contributed by atoms with Crippen LogP contribution in [-0.4, -0.2) is 59.8 Å². The lowest BCUT2D eigenvalue weighted by Crippen LogP contribution is -2.34. The van der Waals surface area contributed by atoms with Gasteiger partial charge in [0.2, 0.25) is 0 Å². The Hall–Kier alpha value is -3.71. The van der Waals surface area contributed by atoms with Crippen molar-refractivity contribution in [1.29, 1.82) is 0 Å². The number of benzene rings is 3. The third kappa shape index (κ3) is 3.54. The van der Waals surface area contributed by atoms with Crippen LogP contribution in [0, 0.1) is 5.82 Å². The minimum atomic E-state index is -0.574. The molecule has 1 aromatic heterocycles. The highest BCUT2D eigenvalue weighted by Gasteiger charge is 2.28. The predicted molar refractivity (Wildman–Crippen MR) is 128 cm³/mol. The number of nitrogens with zero attached hydrogens (tertiary/aromatic N) is 2. The number of nitrogens with one attached hydrogen (secondary N) is 1. The van der Waals surface area contributed by atoms with E-state index in [9.17, 15) is 14.0 Å². The van der Waals surface area contributed by atoms with Gasteiger partial charge in [0.1, 0.15) is 5.82 Å². The largest absolute Gasteiger partial charge is 0.366 e. The lowest BCUT2D eigenvalue weighted by atomic mass is 9.96. The zero-order valence-electron chi connectivity index (χ0n) is 18.6. The molecular weight excluding hydrogens is 419 g/mol. The summed E-state index contributed by atoms with van der Waals surface area (Å²) in [5.41, 5.74) is 8.85. The third-order valence-electron chi connectivity index (χ3n) is 6.61. The van der Waals surface area contributed by atoms with Gasteiger partial charge in [0, 0.05) is 46.5 Å². The van der Waals surface area contributed by atoms with Crippen molar-refractivity contribution in [2.24, 2.45) is 5.73 Å². The highest BCUT2D eigenvalue weighted by atomic mass is 19.1. The van der Waals surface area contributed by atoms with Crippen LogP contribution in [-0.2, 0) is 0 Å². The molecule has 168 valence electrons. The molecule has 0 bridgehead atoms. The molecule has 1 fully saturated rings. The Morgan fingerprint density at radius 3 is 2.58 bits per heavy atom. The molecule has 6 nitrogen and oxygen atoms in total. The predicted octanol–water partition coefficient (Wildman–Crippen LogP) is 4.00. The van der Waals surface area contributed by atoms with Crippen molar-refractivity contribution in [2.45, 2.75) is 12.5 Å². The summed E-state index contributed by atoms with van der Waals surface area (Å²) in [5, 5.41) is 1.51. The van der Waals surface area contributed by atoms with Gasteiger partial charge in [-0.25, -0.2) is 4.39 Å². The quantitative estimate of drug-likeness (QED) is 0.499. The number of carbonyl (C=O) groups is 2. The zero-order valence-corrected chi connectivity index (χ0v) is 18.6. The number of hydrogen-bond acceptors (Lipinski definition) is 3. The summed E-state index contributed by atoms with van der Waals surface area (Å²) in [6.07, 6.45) is 0.946. The van der Waals surface area contributed by atoms with E-state index >= 15 is 0 Å². The summed E-state index contributed by atoms with van der Waals surface area (Å²) in [6.45, 7) is 1.41. The van der Waals surface area contributed by atoms with Gasteiger partial charge >= 0.3 is 0 Å². The average molecular weight is 445 g/mol. The van der Waals surface area contributed by atoms with Crippen LogP contribution in [0.25, 0.3) is 32.9 Å². The van der Waals surface area contributed by atoms with Gasteiger partial charge in [-0.05, 0) is 50.3 Å². The first-order chi connectivity index (χ1) is 15.8. The minimum Gasteiger partial charge on any atom is -0.366 e. The molecule has 5 rings (SSSR count). The van der Waals surface area contributed by atoms with E-state index in [1.165, 1.54) is 6.07 Å². The third-order valence-corrected chi connectivity index (χ3v) is 6.61. The Bertz CT molecular complexity index is 1410. The van der Waals surface area contributed by atoms with Crippen LogP contribution in [0.3, 0.4) is 0 Å². The maximum atomic E-state index is 14.6. The number of likely N-dealkylation sites (tertiary alicyclic amines) is 1. The number of primary amides is 1. The fourth-order valence-corrected chi connectivity index (χ4v) is 4.79. The zero-order chi connectivity index (χ0) is 23.3. The van der Waals surface area contributed by atoms with E-state index in [2.05, 4.69) is 9.88 Å². The highest BCUT2D eigenvalue weighted by molar-refractivity contribution is 6.20. The lowest BCUT2D eigenvalue weighted by molar-refractivity contribution is 0.0783. The van der Waals surface area contributed by atoms with Crippen LogP contribution in [0.15, 0.2) is 54.6 Å². The number of likely N-dealkylation sites (N-methyl/N-ethyl adjacent to an activating group) is 1. The van der Waals surface area contributed by atoms with Gasteiger partial charge in [-0.2, -0.15) is 0 Å². The lowest BCUT2D eigenvalue weighted by Gasteiger charge is -2.20. The van der Waals surface area contributed by atoms with E-state index in [1.54, 1.807) is 42.5 Å². The molecule has 33 heavy (non-hydrogen) atoms. The van der Waals surface area contributed by atoms with Crippen molar-refractivity contribution in [1.82, 2.24) is 14.8 Å². The number of hydrogen-bond donors (Lipinski definition) is 2. The van der Waals surface area contributed by atoms with Crippen molar-refractivity contribution in [2.75, 3.05) is 27.2 Å². The van der Waals surface area contributed by atoms with Gasteiger partial charge in [-0.1, -0.05) is 30.3 Å². The summed E-state index contributed by atoms with van der Waals surface area (Å²) >= 11 is 0. The smallest absolute Gasteiger partial charge is 0.253 e. The van der Waals surface area contributed by atoms with Crippen molar-refractivity contribution in [3.05, 3.63) is 71.5 Å². The number of amides is 2. The molecule has 0 aliphatic carbocycles. The summed E-state index contributed by atoms with van der Waals surface area (Å²) in [6, 6.07) is 15.7. The van der Waals surface area contributed by atoms with Gasteiger partial charge in [0.15, 0.2) is 0 Å². The van der Waals surface area contributed by atoms with Crippen LogP contribution in [0.4, 0.5) is 4.39 Å². The number of fused-ring (bicyclic) bond motifs is 3. The van der Waals surface area contributed by atoms with E-state index in [4.69, 9.17) is 5.73 Å². The number of aromatic amines is 1. The van der Waals surface area contributed by atoms with Crippen LogP contribution >= 0.6 is 0 Å². The molecule has 3 N–H and O–H groups in total. The molecule has 0 saturated carbocycles. The average Bonchev–Trinajstić information content (AvgIpc) is 3.43. The maximum absolute atomic E-state index is 14.6. The molecule has 1 aliphatic heterocycles. The monoisotopic (exact) mass is 444 g/mol. The Morgan fingerprint density at radius 1 is 1.09 bits per heavy atom. The molecule has 1 aliphatic rings. The first kappa shape index (κ1) is 21.2. The first-order valence-electron chi connectivity index (χ1n) is 10.9. The van der Waals surface area contributed by atoms with Crippen LogP contribution < -0.4 is 5.73 Å². The van der Waals surface area contributed by atoms with Gasteiger partial charge in [-0.3, -0.25) is 9.59 Å². The first-order valence-corrected chi connectivity index (χ1v) is 10.9. The van der Waals surface area contributed by atoms with E-state index < -0.39 is 5.91 Å². The summed E-state index contributed by atoms with van der Waals surface area (Å²) in [7, 11) is 4.05. The molecule has 1 saturated heterocycles. The Labute approximate surface area is 190 Å². The van der Waals surface area contributed by atoms with Crippen LogP contribution in [0.1, 0.15) is 27.1 Å². The Balaban J connectivity index is 1.65. The highest BCUT2D eigenvalue weighted by Crippen LogP contribution is 2.37. The van der Waals surface area contributed by atoms with Gasteiger partial charge < -0.3 is 20.5 Å². The number of H-pyrrole nitrogens is 1. The van der Waals surface area contributed by atoms with Gasteiger partial charge in [0.25, 0.3) is 11.8 Å². The SMILES string of the molecule is CN(C)[C@@H]1CCN(C(=O)c2ccc3c(c2)[nH]c2c(C(N)=O)ccc(-c4ccccc4F)c23)C1. The topological polar surface area (TPSA) is 82.4 Å². The molecule has 3 aromatic carbocycles. The maximum Gasteiger partial charge on any atom is 0.253 e. The molecule has 2 heterocycles. The van der Waals surface area contributed by atoms with Gasteiger partial charge in [0.05, 0.1) is 11.1 Å². The van der Waals surface area contributed by atoms with E-state index in [0.717, 1.165) is 18.4 Å². The summed E-state index contributed by atoms with van der Waals surface area (Å²) in [4.78, 5) is 32.5. The molecule has 7 heteroatoms. The van der Waals surface area contributed by atoms with E-state index in [0.29, 0.717) is 51.3 Å². The van der Waals surface area contributed by atoms with E-state index in [1.807, 2.05) is 25.1 Å². The molecule has 1 atom stereocenters. The molecular formula is C26H25FN4O2. The van der Waals surface area contributed by atoms with Crippen LogP contribution in [0.2, 0.25) is 0 Å². The number of nitrogens with two attached hydrogens (primary N) is 1. The second-order valence-electron chi connectivity index (χ2n) is 8.80. The number of carbonyl (C=O) groups excluding carboxylic acids is 2. The summed E-state index contributed by atoms with van der Waals surface area (Å²) in [5.74, 6) is -0.949. The number of halogens is 1. The van der Waals surface area contributed by atoms with Gasteiger partial charge in [-0.15, -0.1) is 0 Å². The number of aromatic nitrogens is 1. The Kier molecular flexibility index (Phi) is 5.13. The second-order valence-corrected chi connectivity index (χ2v) is 8.80. The minimum absolute atomic E-state index is 0.0237. The van der Waals surface area contributed by atoms with Crippen LogP contribution in [0.5, 0.6) is 0 Å². The van der Waals surface area contributed by atoms with E-state index in [-0.39, 0.29) is 11.7 Å². The fourth-order valence-electron chi connectivity index (χ4n) is 4.79. The number of rotatable bonds is 4. The molecule has 0 radical (unpaired) electrons. The normalized spacial score (nSPS) is 16.2. The standard InChI is InChI=1S/C26H25FN4O2/c1-30(2)16-11-12-31(14-16)26(33)15-7-8-19-22(13-15)29-24-20(25(28)32)10-9-18(23(19)24)17-5-3-4-6-21(17)27/h3-10,13,16,29H,11-12,14H2,1-2H3,(H2,28,32)/t16-/m1/s1. The molecule has 4 aromatic rings. The Morgan fingerprint density at radius 2 is 1.88 bits per heavy atom.